The van der Waals surface area contributed by atoms with Crippen LogP contribution in [0.4, 0.5) is 0 Å². The van der Waals surface area contributed by atoms with Crippen molar-refractivity contribution >= 4 is 23.4 Å². The summed E-state index contributed by atoms with van der Waals surface area (Å²) in [6, 6.07) is 6.97. The molecule has 0 fully saturated rings. The molecule has 0 aromatic heterocycles. The number of nitrogens with zero attached hydrogens (tertiary/aromatic N) is 1. The van der Waals surface area contributed by atoms with Crippen molar-refractivity contribution in [2.24, 2.45) is 0 Å². The molecule has 0 spiro atoms. The van der Waals surface area contributed by atoms with Crippen molar-refractivity contribution in [3.05, 3.63) is 34.9 Å². The normalized spacial score (nSPS) is 13.3. The van der Waals surface area contributed by atoms with Crippen molar-refractivity contribution in [1.82, 2.24) is 10.2 Å². The summed E-state index contributed by atoms with van der Waals surface area (Å²) in [5.74, 6) is -0.157. The summed E-state index contributed by atoms with van der Waals surface area (Å²) in [6.07, 6.45) is 2.02. The van der Waals surface area contributed by atoms with E-state index < -0.39 is 6.04 Å². The van der Waals surface area contributed by atoms with Gasteiger partial charge in [0.1, 0.15) is 6.04 Å². The molecule has 1 rings (SSSR count). The minimum atomic E-state index is -0.528. The molecule has 5 heteroatoms. The highest BCUT2D eigenvalue weighted by Crippen LogP contribution is 2.19. The van der Waals surface area contributed by atoms with Gasteiger partial charge in [0, 0.05) is 24.0 Å². The van der Waals surface area contributed by atoms with Crippen molar-refractivity contribution in [2.75, 3.05) is 0 Å². The first-order valence-electron chi connectivity index (χ1n) is 8.23. The average molecular weight is 339 g/mol. The fraction of sp³-hybridized carbons (Fsp3) is 0.556. The third-order valence-corrected chi connectivity index (χ3v) is 4.30. The summed E-state index contributed by atoms with van der Waals surface area (Å²) in [5, 5.41) is 3.55. The number of rotatable bonds is 8. The number of nitrogens with one attached hydrogen (secondary N) is 1. The van der Waals surface area contributed by atoms with E-state index >= 15 is 0 Å². The zero-order chi connectivity index (χ0) is 17.4. The highest BCUT2D eigenvalue weighted by atomic mass is 35.5. The number of carbonyl (C=O) groups excluding carboxylic acids is 2. The van der Waals surface area contributed by atoms with Crippen LogP contribution in [0.5, 0.6) is 0 Å². The van der Waals surface area contributed by atoms with E-state index in [2.05, 4.69) is 5.32 Å². The summed E-state index contributed by atoms with van der Waals surface area (Å²) in [5.41, 5.74) is 0.849. The van der Waals surface area contributed by atoms with Gasteiger partial charge in [-0.25, -0.2) is 0 Å². The number of benzene rings is 1. The SMILES string of the molecule is CCCC(=O)N(Cc1ccccc1Cl)[C@H](C)C(=O)N[C@H](C)CC. The molecule has 1 aromatic rings. The van der Waals surface area contributed by atoms with Gasteiger partial charge in [-0.05, 0) is 38.3 Å². The second-order valence-corrected chi connectivity index (χ2v) is 6.26. The first-order valence-corrected chi connectivity index (χ1v) is 8.61. The number of hydrogen-bond acceptors (Lipinski definition) is 2. The standard InChI is InChI=1S/C18H27ClN2O2/c1-5-9-17(22)21(12-15-10-7-8-11-16(15)19)14(4)18(23)20-13(3)6-2/h7-8,10-11,13-14H,5-6,9,12H2,1-4H3,(H,20,23)/t13-,14-/m1/s1. The Balaban J connectivity index is 2.94. The third kappa shape index (κ3) is 5.87. The van der Waals surface area contributed by atoms with Crippen LogP contribution in [0.2, 0.25) is 5.02 Å². The molecule has 0 aliphatic heterocycles. The van der Waals surface area contributed by atoms with Crippen LogP contribution in [-0.2, 0) is 16.1 Å². The molecule has 0 bridgehead atoms. The third-order valence-electron chi connectivity index (χ3n) is 3.93. The van der Waals surface area contributed by atoms with E-state index in [4.69, 9.17) is 11.6 Å². The van der Waals surface area contributed by atoms with E-state index in [0.29, 0.717) is 18.0 Å². The van der Waals surface area contributed by atoms with Crippen LogP contribution < -0.4 is 5.32 Å². The van der Waals surface area contributed by atoms with Crippen LogP contribution in [-0.4, -0.2) is 28.8 Å². The molecule has 4 nitrogen and oxygen atoms in total. The van der Waals surface area contributed by atoms with E-state index in [1.54, 1.807) is 17.9 Å². The quantitative estimate of drug-likeness (QED) is 0.784. The van der Waals surface area contributed by atoms with Gasteiger partial charge < -0.3 is 10.2 Å². The first kappa shape index (κ1) is 19.5. The maximum atomic E-state index is 12.5. The van der Waals surface area contributed by atoms with Crippen LogP contribution in [0, 0.1) is 0 Å². The lowest BCUT2D eigenvalue weighted by atomic mass is 10.1. The molecule has 0 unspecified atom stereocenters. The molecule has 1 N–H and O–H groups in total. The zero-order valence-electron chi connectivity index (χ0n) is 14.4. The smallest absolute Gasteiger partial charge is 0.242 e. The number of amides is 2. The van der Waals surface area contributed by atoms with Crippen LogP contribution in [0.15, 0.2) is 24.3 Å². The van der Waals surface area contributed by atoms with E-state index in [1.807, 2.05) is 39.0 Å². The Morgan fingerprint density at radius 1 is 1.22 bits per heavy atom. The molecule has 1 aromatic carbocycles. The maximum absolute atomic E-state index is 12.5. The molecular formula is C18H27ClN2O2. The second kappa shape index (κ2) is 9.56. The highest BCUT2D eigenvalue weighted by molar-refractivity contribution is 6.31. The van der Waals surface area contributed by atoms with E-state index in [1.165, 1.54) is 0 Å². The molecule has 0 radical (unpaired) electrons. The maximum Gasteiger partial charge on any atom is 0.242 e. The van der Waals surface area contributed by atoms with Crippen LogP contribution >= 0.6 is 11.6 Å². The summed E-state index contributed by atoms with van der Waals surface area (Å²) in [4.78, 5) is 26.5. The zero-order valence-corrected chi connectivity index (χ0v) is 15.2. The van der Waals surface area contributed by atoms with Crippen LogP contribution in [0.25, 0.3) is 0 Å². The van der Waals surface area contributed by atoms with Crippen LogP contribution in [0.1, 0.15) is 52.5 Å². The molecule has 0 aliphatic carbocycles. The number of carbonyl (C=O) groups is 2. The van der Waals surface area contributed by atoms with Gasteiger partial charge in [-0.2, -0.15) is 0 Å². The van der Waals surface area contributed by atoms with Gasteiger partial charge in [-0.15, -0.1) is 0 Å². The van der Waals surface area contributed by atoms with Gasteiger partial charge in [0.25, 0.3) is 0 Å². The summed E-state index contributed by atoms with van der Waals surface area (Å²) in [7, 11) is 0. The number of hydrogen-bond donors (Lipinski definition) is 1. The number of halogens is 1. The monoisotopic (exact) mass is 338 g/mol. The lowest BCUT2D eigenvalue weighted by Gasteiger charge is -2.30. The van der Waals surface area contributed by atoms with Gasteiger partial charge in [-0.3, -0.25) is 9.59 Å². The average Bonchev–Trinajstić information content (AvgIpc) is 2.53. The second-order valence-electron chi connectivity index (χ2n) is 5.86. The Kier molecular flexibility index (Phi) is 8.10. The fourth-order valence-corrected chi connectivity index (χ4v) is 2.41. The van der Waals surface area contributed by atoms with Crippen molar-refractivity contribution in [3.63, 3.8) is 0 Å². The summed E-state index contributed by atoms with van der Waals surface area (Å²) >= 11 is 6.20. The van der Waals surface area contributed by atoms with E-state index in [9.17, 15) is 9.59 Å². The Hall–Kier alpha value is -1.55. The summed E-state index contributed by atoms with van der Waals surface area (Å²) in [6.45, 7) is 8.03. The van der Waals surface area contributed by atoms with Gasteiger partial charge in [0.2, 0.25) is 11.8 Å². The van der Waals surface area contributed by atoms with Crippen molar-refractivity contribution in [1.29, 1.82) is 0 Å². The minimum Gasteiger partial charge on any atom is -0.352 e. The molecule has 2 amide bonds. The lowest BCUT2D eigenvalue weighted by Crippen LogP contribution is -2.49. The molecule has 0 saturated carbocycles. The van der Waals surface area contributed by atoms with E-state index in [-0.39, 0.29) is 17.9 Å². The van der Waals surface area contributed by atoms with Crippen molar-refractivity contribution in [3.8, 4) is 0 Å². The van der Waals surface area contributed by atoms with Gasteiger partial charge in [0.05, 0.1) is 0 Å². The fourth-order valence-electron chi connectivity index (χ4n) is 2.22. The Labute approximate surface area is 144 Å². The van der Waals surface area contributed by atoms with Gasteiger partial charge in [-0.1, -0.05) is 43.6 Å². The highest BCUT2D eigenvalue weighted by Gasteiger charge is 2.26. The van der Waals surface area contributed by atoms with Crippen molar-refractivity contribution in [2.45, 2.75) is 65.6 Å². The molecule has 128 valence electrons. The lowest BCUT2D eigenvalue weighted by molar-refractivity contribution is -0.140. The Morgan fingerprint density at radius 3 is 2.43 bits per heavy atom. The van der Waals surface area contributed by atoms with E-state index in [0.717, 1.165) is 18.4 Å². The molecular weight excluding hydrogens is 312 g/mol. The molecule has 0 heterocycles. The van der Waals surface area contributed by atoms with Gasteiger partial charge >= 0.3 is 0 Å². The first-order chi connectivity index (χ1) is 10.9. The summed E-state index contributed by atoms with van der Waals surface area (Å²) < 4.78 is 0. The predicted molar refractivity (Wildman–Crippen MR) is 94.3 cm³/mol. The minimum absolute atomic E-state index is 0.0285. The molecule has 2 atom stereocenters. The molecule has 0 saturated heterocycles. The Morgan fingerprint density at radius 2 is 1.87 bits per heavy atom. The Bertz CT molecular complexity index is 534. The largest absolute Gasteiger partial charge is 0.352 e. The molecule has 0 aliphatic rings. The topological polar surface area (TPSA) is 49.4 Å². The predicted octanol–water partition coefficient (Wildman–Crippen LogP) is 3.77. The molecule has 23 heavy (non-hydrogen) atoms. The van der Waals surface area contributed by atoms with Gasteiger partial charge in [0.15, 0.2) is 0 Å². The van der Waals surface area contributed by atoms with Crippen LogP contribution in [0.3, 0.4) is 0 Å². The van der Waals surface area contributed by atoms with Crippen molar-refractivity contribution < 1.29 is 9.59 Å².